The van der Waals surface area contributed by atoms with E-state index in [1.165, 1.54) is 0 Å². The Kier molecular flexibility index (Phi) is 5.38. The van der Waals surface area contributed by atoms with Crippen molar-refractivity contribution in [3.05, 3.63) is 41.2 Å². The van der Waals surface area contributed by atoms with E-state index in [1.54, 1.807) is 21.0 Å². The first-order valence-electron chi connectivity index (χ1n) is 8.71. The third kappa shape index (κ3) is 3.94. The maximum absolute atomic E-state index is 10.0. The molecule has 0 bridgehead atoms. The second kappa shape index (κ2) is 7.55. The van der Waals surface area contributed by atoms with Crippen LogP contribution in [0.1, 0.15) is 43.3 Å². The molecule has 0 aliphatic heterocycles. The molecule has 1 unspecified atom stereocenters. The van der Waals surface area contributed by atoms with Crippen LogP contribution in [-0.4, -0.2) is 36.1 Å². The van der Waals surface area contributed by atoms with E-state index in [0.717, 1.165) is 41.0 Å². The highest BCUT2D eigenvalue weighted by Crippen LogP contribution is 2.43. The minimum atomic E-state index is -1.11. The lowest BCUT2D eigenvalue weighted by molar-refractivity contribution is 0.0289. The van der Waals surface area contributed by atoms with Crippen LogP contribution in [-0.2, 0) is 11.2 Å². The maximum Gasteiger partial charge on any atom is 0.150 e. The van der Waals surface area contributed by atoms with Crippen LogP contribution in [0.3, 0.4) is 0 Å². The Morgan fingerprint density at radius 2 is 2.00 bits per heavy atom. The highest BCUT2D eigenvalue weighted by molar-refractivity contribution is 5.70. The molecule has 1 atom stereocenters. The van der Waals surface area contributed by atoms with Gasteiger partial charge in [-0.05, 0) is 44.5 Å². The standard InChI is InChI=1S/C21H24O5/c1-21(2,23)11-10-16-19-17(25-13-12-22)8-9-18(19)26-20(16)14-4-6-15(24-3)7-5-14/h4-7,17,22-23H,8-9,12-13H2,1-3H3. The van der Waals surface area contributed by atoms with Crippen molar-refractivity contribution in [1.29, 1.82) is 0 Å². The van der Waals surface area contributed by atoms with Crippen LogP contribution in [0.15, 0.2) is 28.7 Å². The fraction of sp³-hybridized carbons (Fsp3) is 0.429. The van der Waals surface area contributed by atoms with Crippen LogP contribution >= 0.6 is 0 Å². The summed E-state index contributed by atoms with van der Waals surface area (Å²) in [5, 5.41) is 19.1. The minimum absolute atomic E-state index is 0.0281. The molecule has 0 saturated heterocycles. The second-order valence-electron chi connectivity index (χ2n) is 6.80. The van der Waals surface area contributed by atoms with E-state index in [4.69, 9.17) is 19.0 Å². The van der Waals surface area contributed by atoms with E-state index in [1.807, 2.05) is 24.3 Å². The monoisotopic (exact) mass is 356 g/mol. The first-order chi connectivity index (χ1) is 12.4. The molecule has 1 aromatic heterocycles. The van der Waals surface area contributed by atoms with Gasteiger partial charge >= 0.3 is 0 Å². The second-order valence-corrected chi connectivity index (χ2v) is 6.80. The third-order valence-corrected chi connectivity index (χ3v) is 4.23. The van der Waals surface area contributed by atoms with Gasteiger partial charge in [-0.2, -0.15) is 0 Å². The van der Waals surface area contributed by atoms with E-state index in [0.29, 0.717) is 5.76 Å². The first kappa shape index (κ1) is 18.5. The Morgan fingerprint density at radius 3 is 2.62 bits per heavy atom. The van der Waals surface area contributed by atoms with Gasteiger partial charge in [0.05, 0.1) is 32.0 Å². The average molecular weight is 356 g/mol. The van der Waals surface area contributed by atoms with Gasteiger partial charge in [0.1, 0.15) is 22.9 Å². The molecule has 2 N–H and O–H groups in total. The lowest BCUT2D eigenvalue weighted by Gasteiger charge is -2.12. The zero-order chi connectivity index (χ0) is 18.7. The first-order valence-corrected chi connectivity index (χ1v) is 8.71. The number of aryl methyl sites for hydroxylation is 1. The number of methoxy groups -OCH3 is 1. The summed E-state index contributed by atoms with van der Waals surface area (Å²) in [6.07, 6.45) is 1.41. The van der Waals surface area contributed by atoms with Gasteiger partial charge < -0.3 is 24.1 Å². The normalized spacial score (nSPS) is 16.1. The van der Waals surface area contributed by atoms with Crippen LogP contribution in [0.2, 0.25) is 0 Å². The SMILES string of the molecule is COc1ccc(-c2oc3c(c2C#CC(C)(C)O)C(OCCO)CC3)cc1. The fourth-order valence-electron chi connectivity index (χ4n) is 3.07. The molecular formula is C21H24O5. The summed E-state index contributed by atoms with van der Waals surface area (Å²) in [6, 6.07) is 7.59. The van der Waals surface area contributed by atoms with Crippen molar-refractivity contribution < 1.29 is 24.1 Å². The molecule has 0 saturated carbocycles. The maximum atomic E-state index is 10.0. The molecule has 26 heavy (non-hydrogen) atoms. The van der Waals surface area contributed by atoms with Gasteiger partial charge in [-0.25, -0.2) is 0 Å². The summed E-state index contributed by atoms with van der Waals surface area (Å²) in [7, 11) is 1.62. The summed E-state index contributed by atoms with van der Waals surface area (Å²) in [6.45, 7) is 3.53. The van der Waals surface area contributed by atoms with Crippen LogP contribution in [0.4, 0.5) is 0 Å². The van der Waals surface area contributed by atoms with Crippen molar-refractivity contribution in [3.63, 3.8) is 0 Å². The van der Waals surface area contributed by atoms with Gasteiger partial charge in [0.25, 0.3) is 0 Å². The summed E-state index contributed by atoms with van der Waals surface area (Å²) in [4.78, 5) is 0. The molecule has 2 aromatic rings. The van der Waals surface area contributed by atoms with Gasteiger partial charge in [0.15, 0.2) is 0 Å². The van der Waals surface area contributed by atoms with Gasteiger partial charge in [-0.1, -0.05) is 11.8 Å². The Morgan fingerprint density at radius 1 is 1.27 bits per heavy atom. The number of furan rings is 1. The van der Waals surface area contributed by atoms with E-state index in [-0.39, 0.29) is 19.3 Å². The summed E-state index contributed by atoms with van der Waals surface area (Å²) < 4.78 is 17.1. The van der Waals surface area contributed by atoms with Crippen LogP contribution in [0.5, 0.6) is 5.75 Å². The predicted octanol–water partition coefficient (Wildman–Crippen LogP) is 3.07. The summed E-state index contributed by atoms with van der Waals surface area (Å²) in [5.41, 5.74) is 1.45. The number of benzene rings is 1. The van der Waals surface area contributed by atoms with Gasteiger partial charge in [-0.15, -0.1) is 0 Å². The number of ether oxygens (including phenoxy) is 2. The van der Waals surface area contributed by atoms with Crippen molar-refractivity contribution in [2.24, 2.45) is 0 Å². The topological polar surface area (TPSA) is 72.1 Å². The Bertz CT molecular complexity index is 815. The van der Waals surface area contributed by atoms with Crippen molar-refractivity contribution in [2.45, 2.75) is 38.4 Å². The quantitative estimate of drug-likeness (QED) is 0.806. The lowest BCUT2D eigenvalue weighted by atomic mass is 10.0. The van der Waals surface area contributed by atoms with Crippen molar-refractivity contribution in [3.8, 4) is 28.9 Å². The highest BCUT2D eigenvalue weighted by atomic mass is 16.5. The molecule has 1 heterocycles. The summed E-state index contributed by atoms with van der Waals surface area (Å²) >= 11 is 0. The zero-order valence-corrected chi connectivity index (χ0v) is 15.3. The molecule has 5 nitrogen and oxygen atoms in total. The Balaban J connectivity index is 2.07. The Labute approximate surface area is 153 Å². The number of hydrogen-bond acceptors (Lipinski definition) is 5. The molecule has 1 aliphatic rings. The molecule has 138 valence electrons. The Hall–Kier alpha value is -2.26. The van der Waals surface area contributed by atoms with Crippen LogP contribution in [0, 0.1) is 11.8 Å². The predicted molar refractivity (Wildman–Crippen MR) is 98.0 cm³/mol. The molecule has 1 aliphatic carbocycles. The van der Waals surface area contributed by atoms with Crippen LogP contribution < -0.4 is 4.74 Å². The molecule has 0 radical (unpaired) electrons. The van der Waals surface area contributed by atoms with E-state index in [2.05, 4.69) is 11.8 Å². The molecule has 0 spiro atoms. The number of aliphatic hydroxyl groups excluding tert-OH is 1. The molecule has 1 aromatic carbocycles. The third-order valence-electron chi connectivity index (χ3n) is 4.23. The van der Waals surface area contributed by atoms with Crippen LogP contribution in [0.25, 0.3) is 11.3 Å². The van der Waals surface area contributed by atoms with Gasteiger partial charge in [-0.3, -0.25) is 0 Å². The van der Waals surface area contributed by atoms with Crippen molar-refractivity contribution in [2.75, 3.05) is 20.3 Å². The van der Waals surface area contributed by atoms with E-state index >= 15 is 0 Å². The smallest absolute Gasteiger partial charge is 0.150 e. The molecule has 0 fully saturated rings. The summed E-state index contributed by atoms with van der Waals surface area (Å²) in [5.74, 6) is 8.28. The number of fused-ring (bicyclic) bond motifs is 1. The minimum Gasteiger partial charge on any atom is -0.497 e. The van der Waals surface area contributed by atoms with E-state index < -0.39 is 5.60 Å². The number of aliphatic hydroxyl groups is 2. The number of rotatable bonds is 5. The zero-order valence-electron chi connectivity index (χ0n) is 15.3. The average Bonchev–Trinajstić information content (AvgIpc) is 3.17. The largest absolute Gasteiger partial charge is 0.497 e. The fourth-order valence-corrected chi connectivity index (χ4v) is 3.07. The van der Waals surface area contributed by atoms with Gasteiger partial charge in [0, 0.05) is 17.5 Å². The van der Waals surface area contributed by atoms with Crippen molar-refractivity contribution in [1.82, 2.24) is 0 Å². The van der Waals surface area contributed by atoms with Crippen molar-refractivity contribution >= 4 is 0 Å². The highest BCUT2D eigenvalue weighted by Gasteiger charge is 2.32. The number of hydrogen-bond donors (Lipinski definition) is 2. The molecule has 5 heteroatoms. The lowest BCUT2D eigenvalue weighted by Crippen LogP contribution is -2.14. The van der Waals surface area contributed by atoms with E-state index in [9.17, 15) is 5.11 Å². The van der Waals surface area contributed by atoms with Gasteiger partial charge in [0.2, 0.25) is 0 Å². The molecule has 0 amide bonds. The molecule has 3 rings (SSSR count). The molecular weight excluding hydrogens is 332 g/mol.